The quantitative estimate of drug-likeness (QED) is 0.463. The zero-order chi connectivity index (χ0) is 15.2. The molecule has 22 heavy (non-hydrogen) atoms. The van der Waals surface area contributed by atoms with E-state index in [1.165, 1.54) is 0 Å². The lowest BCUT2D eigenvalue weighted by atomic mass is 10.2. The number of hydrogen-bond acceptors (Lipinski definition) is 6. The number of benzene rings is 1. The Morgan fingerprint density at radius 2 is 2.14 bits per heavy atom. The van der Waals surface area contributed by atoms with Crippen molar-refractivity contribution >= 4 is 22.7 Å². The summed E-state index contributed by atoms with van der Waals surface area (Å²) in [7, 11) is 0. The molecule has 0 aliphatic carbocycles. The summed E-state index contributed by atoms with van der Waals surface area (Å²) in [4.78, 5) is 11.0. The average Bonchev–Trinajstić information content (AvgIpc) is 2.59. The first kappa shape index (κ1) is 15.5. The minimum atomic E-state index is 0.726. The molecule has 0 N–H and O–H groups in total. The van der Waals surface area contributed by atoms with Gasteiger partial charge >= 0.3 is 0 Å². The Labute approximate surface area is 135 Å². The first-order chi connectivity index (χ1) is 10.9. The van der Waals surface area contributed by atoms with Gasteiger partial charge in [-0.1, -0.05) is 0 Å². The van der Waals surface area contributed by atoms with E-state index in [4.69, 9.17) is 9.47 Å². The van der Waals surface area contributed by atoms with Crippen molar-refractivity contribution in [2.45, 2.75) is 11.4 Å². The molecule has 118 valence electrons. The van der Waals surface area contributed by atoms with E-state index in [1.54, 1.807) is 18.1 Å². The molecular weight excluding hydrogens is 298 g/mol. The molecule has 0 atom stereocenters. The van der Waals surface area contributed by atoms with Gasteiger partial charge in [-0.25, -0.2) is 9.97 Å². The third kappa shape index (κ3) is 3.88. The molecule has 1 aromatic carbocycles. The number of morpholine rings is 1. The minimum absolute atomic E-state index is 0.726. The maximum absolute atomic E-state index is 5.85. The van der Waals surface area contributed by atoms with Crippen LogP contribution in [0.2, 0.25) is 0 Å². The lowest BCUT2D eigenvalue weighted by molar-refractivity contribution is 0.0358. The van der Waals surface area contributed by atoms with Gasteiger partial charge in [0.05, 0.1) is 25.3 Å². The third-order valence-electron chi connectivity index (χ3n) is 3.76. The van der Waals surface area contributed by atoms with Gasteiger partial charge in [-0.2, -0.15) is 0 Å². The van der Waals surface area contributed by atoms with Crippen molar-refractivity contribution < 1.29 is 9.47 Å². The molecule has 5 nitrogen and oxygen atoms in total. The Morgan fingerprint density at radius 3 is 2.95 bits per heavy atom. The van der Waals surface area contributed by atoms with Gasteiger partial charge in [0, 0.05) is 31.1 Å². The van der Waals surface area contributed by atoms with Crippen LogP contribution >= 0.6 is 11.8 Å². The van der Waals surface area contributed by atoms with Crippen molar-refractivity contribution in [3.8, 4) is 5.75 Å². The largest absolute Gasteiger partial charge is 0.493 e. The number of rotatable bonds is 6. The van der Waals surface area contributed by atoms with Gasteiger partial charge < -0.3 is 9.47 Å². The van der Waals surface area contributed by atoms with Gasteiger partial charge in [-0.15, -0.1) is 11.8 Å². The number of aromatic nitrogens is 2. The van der Waals surface area contributed by atoms with Crippen LogP contribution in [0.25, 0.3) is 10.9 Å². The zero-order valence-corrected chi connectivity index (χ0v) is 13.6. The highest BCUT2D eigenvalue weighted by molar-refractivity contribution is 7.98. The summed E-state index contributed by atoms with van der Waals surface area (Å²) in [6.07, 6.45) is 4.66. The predicted octanol–water partition coefficient (Wildman–Crippen LogP) is 2.45. The smallest absolute Gasteiger partial charge is 0.121 e. The number of fused-ring (bicyclic) bond motifs is 1. The fraction of sp³-hybridized carbons (Fsp3) is 0.500. The summed E-state index contributed by atoms with van der Waals surface area (Å²) >= 11 is 1.63. The molecule has 0 radical (unpaired) electrons. The summed E-state index contributed by atoms with van der Waals surface area (Å²) in [5, 5.41) is 2.08. The maximum Gasteiger partial charge on any atom is 0.121 e. The molecule has 1 aliphatic rings. The zero-order valence-electron chi connectivity index (χ0n) is 12.8. The van der Waals surface area contributed by atoms with E-state index in [2.05, 4.69) is 14.9 Å². The maximum atomic E-state index is 5.85. The molecule has 2 heterocycles. The minimum Gasteiger partial charge on any atom is -0.493 e. The van der Waals surface area contributed by atoms with Crippen molar-refractivity contribution in [3.63, 3.8) is 0 Å². The second kappa shape index (κ2) is 7.76. The Bertz CT molecular complexity index is 617. The van der Waals surface area contributed by atoms with Gasteiger partial charge in [0.15, 0.2) is 0 Å². The highest BCUT2D eigenvalue weighted by atomic mass is 32.2. The third-order valence-corrected chi connectivity index (χ3v) is 4.47. The molecule has 0 amide bonds. The fourth-order valence-electron chi connectivity index (χ4n) is 2.57. The lowest BCUT2D eigenvalue weighted by Gasteiger charge is -2.26. The van der Waals surface area contributed by atoms with Gasteiger partial charge in [0.25, 0.3) is 0 Å². The molecule has 0 saturated carbocycles. The molecule has 0 spiro atoms. The summed E-state index contributed by atoms with van der Waals surface area (Å²) in [5.74, 6) is 0.875. The second-order valence-corrected chi connectivity index (χ2v) is 6.01. The van der Waals surface area contributed by atoms with Gasteiger partial charge in [0.1, 0.15) is 17.1 Å². The number of thioether (sulfide) groups is 1. The molecule has 0 unspecified atom stereocenters. The van der Waals surface area contributed by atoms with Crippen LogP contribution in [0.15, 0.2) is 29.6 Å². The summed E-state index contributed by atoms with van der Waals surface area (Å²) < 4.78 is 11.2. The Morgan fingerprint density at radius 1 is 1.27 bits per heavy atom. The SMILES string of the molecule is CSc1ncnc2cc(OCCCN3CCOCC3)ccc12. The van der Waals surface area contributed by atoms with Crippen LogP contribution in [-0.2, 0) is 4.74 Å². The number of nitrogens with zero attached hydrogens (tertiary/aromatic N) is 3. The summed E-state index contributed by atoms with van der Waals surface area (Å²) in [6, 6.07) is 6.03. The van der Waals surface area contributed by atoms with Crippen molar-refractivity contribution in [3.05, 3.63) is 24.5 Å². The highest BCUT2D eigenvalue weighted by Crippen LogP contribution is 2.25. The molecule has 6 heteroatoms. The molecular formula is C16H21N3O2S. The van der Waals surface area contributed by atoms with E-state index in [0.717, 1.165) is 67.6 Å². The first-order valence-corrected chi connectivity index (χ1v) is 8.81. The van der Waals surface area contributed by atoms with Crippen LogP contribution in [0.1, 0.15) is 6.42 Å². The molecule has 1 aromatic heterocycles. The Balaban J connectivity index is 1.53. The molecule has 2 aromatic rings. The second-order valence-electron chi connectivity index (χ2n) is 5.22. The Hall–Kier alpha value is -1.37. The van der Waals surface area contributed by atoms with E-state index in [1.807, 2.05) is 24.5 Å². The van der Waals surface area contributed by atoms with E-state index < -0.39 is 0 Å². The van der Waals surface area contributed by atoms with E-state index in [-0.39, 0.29) is 0 Å². The number of hydrogen-bond donors (Lipinski definition) is 0. The predicted molar refractivity (Wildman–Crippen MR) is 88.7 cm³/mol. The monoisotopic (exact) mass is 319 g/mol. The normalized spacial score (nSPS) is 16.0. The van der Waals surface area contributed by atoms with Crippen molar-refractivity contribution in [2.75, 3.05) is 45.7 Å². The molecule has 0 bridgehead atoms. The van der Waals surface area contributed by atoms with Gasteiger partial charge in [-0.3, -0.25) is 4.90 Å². The van der Waals surface area contributed by atoms with Crippen molar-refractivity contribution in [1.29, 1.82) is 0 Å². The summed E-state index contributed by atoms with van der Waals surface area (Å²) in [5.41, 5.74) is 0.935. The van der Waals surface area contributed by atoms with Gasteiger partial charge in [0.2, 0.25) is 0 Å². The van der Waals surface area contributed by atoms with E-state index in [9.17, 15) is 0 Å². The molecule has 1 aliphatic heterocycles. The van der Waals surface area contributed by atoms with E-state index in [0.29, 0.717) is 0 Å². The Kier molecular flexibility index (Phi) is 5.48. The highest BCUT2D eigenvalue weighted by Gasteiger charge is 2.09. The van der Waals surface area contributed by atoms with Crippen LogP contribution in [-0.4, -0.2) is 60.6 Å². The lowest BCUT2D eigenvalue weighted by Crippen LogP contribution is -2.37. The van der Waals surface area contributed by atoms with Crippen LogP contribution in [0.5, 0.6) is 5.75 Å². The number of ether oxygens (including phenoxy) is 2. The molecule has 1 saturated heterocycles. The topological polar surface area (TPSA) is 47.5 Å². The van der Waals surface area contributed by atoms with Crippen LogP contribution in [0.4, 0.5) is 0 Å². The van der Waals surface area contributed by atoms with Crippen LogP contribution in [0.3, 0.4) is 0 Å². The molecule has 1 fully saturated rings. The van der Waals surface area contributed by atoms with Crippen LogP contribution < -0.4 is 4.74 Å². The molecule has 3 rings (SSSR count). The van der Waals surface area contributed by atoms with Crippen molar-refractivity contribution in [2.24, 2.45) is 0 Å². The van der Waals surface area contributed by atoms with Crippen LogP contribution in [0, 0.1) is 0 Å². The van der Waals surface area contributed by atoms with E-state index >= 15 is 0 Å². The van der Waals surface area contributed by atoms with Crippen molar-refractivity contribution in [1.82, 2.24) is 14.9 Å². The first-order valence-electron chi connectivity index (χ1n) is 7.58. The van der Waals surface area contributed by atoms with Gasteiger partial charge in [-0.05, 0) is 24.8 Å². The summed E-state index contributed by atoms with van der Waals surface area (Å²) in [6.45, 7) is 5.56. The fourth-order valence-corrected chi connectivity index (χ4v) is 3.11. The standard InChI is InChI=1S/C16H21N3O2S/c1-22-16-14-4-3-13(11-15(14)17-12-18-16)21-8-2-5-19-6-9-20-10-7-19/h3-4,11-12H,2,5-10H2,1H3. The average molecular weight is 319 g/mol.